The van der Waals surface area contributed by atoms with Crippen LogP contribution in [0.4, 0.5) is 5.69 Å². The van der Waals surface area contributed by atoms with Crippen LogP contribution in [-0.2, 0) is 16.0 Å². The highest BCUT2D eigenvalue weighted by Crippen LogP contribution is 2.18. The molecule has 0 amide bonds. The van der Waals surface area contributed by atoms with E-state index in [1.54, 1.807) is 27.3 Å². The maximum atomic E-state index is 12.1. The van der Waals surface area contributed by atoms with Crippen molar-refractivity contribution >= 4 is 21.6 Å². The number of aromatic nitrogens is 2. The van der Waals surface area contributed by atoms with Gasteiger partial charge >= 0.3 is 0 Å². The Morgan fingerprint density at radius 2 is 2.10 bits per heavy atom. The lowest BCUT2D eigenvalue weighted by Gasteiger charge is -2.24. The molecule has 0 aliphatic carbocycles. The number of methoxy groups -OCH3 is 2. The van der Waals surface area contributed by atoms with Crippen LogP contribution >= 0.6 is 15.9 Å². The number of hydrogen-bond donors (Lipinski definition) is 2. The Morgan fingerprint density at radius 1 is 1.43 bits per heavy atom. The standard InChI is InChI=1S/C13H22BrN3O4/c1-13(19,4-6-20-2)9-15-10-8-16-17(5-7-21-3)12(18)11(10)14/h8,15,19H,4-7,9H2,1-3H3. The van der Waals surface area contributed by atoms with Crippen LogP contribution in [-0.4, -0.2) is 54.5 Å². The van der Waals surface area contributed by atoms with Gasteiger partial charge in [-0.05, 0) is 22.9 Å². The van der Waals surface area contributed by atoms with E-state index in [1.165, 1.54) is 4.68 Å². The smallest absolute Gasteiger partial charge is 0.283 e. The maximum Gasteiger partial charge on any atom is 0.283 e. The molecule has 0 bridgehead atoms. The van der Waals surface area contributed by atoms with Gasteiger partial charge in [-0.1, -0.05) is 0 Å². The Bertz CT molecular complexity index is 505. The molecule has 1 aromatic heterocycles. The molecule has 8 heteroatoms. The summed E-state index contributed by atoms with van der Waals surface area (Å²) in [6, 6.07) is 0. The fraction of sp³-hybridized carbons (Fsp3) is 0.692. The topological polar surface area (TPSA) is 85.6 Å². The van der Waals surface area contributed by atoms with E-state index in [0.29, 0.717) is 36.3 Å². The molecule has 1 atom stereocenters. The number of anilines is 1. The lowest BCUT2D eigenvalue weighted by Crippen LogP contribution is -2.35. The van der Waals surface area contributed by atoms with Crippen LogP contribution in [0.3, 0.4) is 0 Å². The number of nitrogens with zero attached hydrogens (tertiary/aromatic N) is 2. The quantitative estimate of drug-likeness (QED) is 0.676. The lowest BCUT2D eigenvalue weighted by molar-refractivity contribution is 0.0357. The summed E-state index contributed by atoms with van der Waals surface area (Å²) in [4.78, 5) is 12.1. The Hall–Kier alpha value is -0.960. The minimum Gasteiger partial charge on any atom is -0.388 e. The van der Waals surface area contributed by atoms with Crippen molar-refractivity contribution in [1.82, 2.24) is 9.78 Å². The molecule has 0 saturated carbocycles. The Balaban J connectivity index is 2.72. The SMILES string of the molecule is COCCn1ncc(NCC(C)(O)CCOC)c(Br)c1=O. The fourth-order valence-corrected chi connectivity index (χ4v) is 2.07. The molecule has 21 heavy (non-hydrogen) atoms. The highest BCUT2D eigenvalue weighted by molar-refractivity contribution is 9.10. The number of nitrogens with one attached hydrogen (secondary N) is 1. The molecular weight excluding hydrogens is 342 g/mol. The Labute approximate surface area is 132 Å². The van der Waals surface area contributed by atoms with Crippen LogP contribution in [0.2, 0.25) is 0 Å². The molecule has 0 saturated heterocycles. The molecule has 1 unspecified atom stereocenters. The van der Waals surface area contributed by atoms with Gasteiger partial charge in [0.05, 0.1) is 30.6 Å². The number of ether oxygens (including phenoxy) is 2. The molecule has 0 radical (unpaired) electrons. The minimum absolute atomic E-state index is 0.242. The minimum atomic E-state index is -0.930. The summed E-state index contributed by atoms with van der Waals surface area (Å²) in [6.45, 7) is 3.27. The molecule has 0 aliphatic rings. The second-order valence-corrected chi connectivity index (χ2v) is 5.78. The second kappa shape index (κ2) is 8.47. The predicted octanol–water partition coefficient (Wildman–Crippen LogP) is 0.852. The van der Waals surface area contributed by atoms with Gasteiger partial charge in [0.2, 0.25) is 0 Å². The zero-order chi connectivity index (χ0) is 15.9. The van der Waals surface area contributed by atoms with Crippen molar-refractivity contribution in [3.63, 3.8) is 0 Å². The average molecular weight is 364 g/mol. The van der Waals surface area contributed by atoms with Crippen molar-refractivity contribution in [1.29, 1.82) is 0 Å². The van der Waals surface area contributed by atoms with E-state index in [-0.39, 0.29) is 12.1 Å². The van der Waals surface area contributed by atoms with Gasteiger partial charge in [0, 0.05) is 33.8 Å². The molecule has 0 aromatic carbocycles. The Morgan fingerprint density at radius 3 is 2.71 bits per heavy atom. The monoisotopic (exact) mass is 363 g/mol. The molecule has 1 heterocycles. The summed E-state index contributed by atoms with van der Waals surface area (Å²) in [5.74, 6) is 0. The van der Waals surface area contributed by atoms with E-state index in [0.717, 1.165) is 0 Å². The second-order valence-electron chi connectivity index (χ2n) is 4.99. The van der Waals surface area contributed by atoms with Crippen LogP contribution in [0.15, 0.2) is 15.5 Å². The lowest BCUT2D eigenvalue weighted by atomic mass is 10.0. The van der Waals surface area contributed by atoms with Crippen molar-refractivity contribution in [3.8, 4) is 0 Å². The third-order valence-corrected chi connectivity index (χ3v) is 3.76. The van der Waals surface area contributed by atoms with Crippen molar-refractivity contribution < 1.29 is 14.6 Å². The molecular formula is C13H22BrN3O4. The third kappa shape index (κ3) is 5.74. The summed E-state index contributed by atoms with van der Waals surface area (Å²) in [5, 5.41) is 17.3. The van der Waals surface area contributed by atoms with E-state index in [9.17, 15) is 9.90 Å². The first-order chi connectivity index (χ1) is 9.91. The number of hydrogen-bond acceptors (Lipinski definition) is 6. The van der Waals surface area contributed by atoms with E-state index in [2.05, 4.69) is 26.3 Å². The summed E-state index contributed by atoms with van der Waals surface area (Å²) >= 11 is 3.26. The largest absolute Gasteiger partial charge is 0.388 e. The first-order valence-electron chi connectivity index (χ1n) is 6.61. The van der Waals surface area contributed by atoms with Gasteiger partial charge in [0.1, 0.15) is 4.47 Å². The molecule has 1 rings (SSSR count). The van der Waals surface area contributed by atoms with E-state index >= 15 is 0 Å². The van der Waals surface area contributed by atoms with Gasteiger partial charge in [0.15, 0.2) is 0 Å². The van der Waals surface area contributed by atoms with Gasteiger partial charge in [-0.25, -0.2) is 4.68 Å². The van der Waals surface area contributed by atoms with Crippen molar-refractivity contribution in [2.75, 3.05) is 39.3 Å². The van der Waals surface area contributed by atoms with Crippen LogP contribution in [0.5, 0.6) is 0 Å². The molecule has 1 aromatic rings. The average Bonchev–Trinajstić information content (AvgIpc) is 2.46. The summed E-state index contributed by atoms with van der Waals surface area (Å²) < 4.78 is 11.6. The third-order valence-electron chi connectivity index (χ3n) is 3.00. The predicted molar refractivity (Wildman–Crippen MR) is 83.7 cm³/mol. The fourth-order valence-electron chi connectivity index (χ4n) is 1.62. The van der Waals surface area contributed by atoms with Gasteiger partial charge < -0.3 is 19.9 Å². The summed E-state index contributed by atoms with van der Waals surface area (Å²) in [6.07, 6.45) is 2.04. The van der Waals surface area contributed by atoms with Crippen LogP contribution < -0.4 is 10.9 Å². The molecule has 2 N–H and O–H groups in total. The van der Waals surface area contributed by atoms with Crippen LogP contribution in [0.1, 0.15) is 13.3 Å². The van der Waals surface area contributed by atoms with Gasteiger partial charge in [-0.15, -0.1) is 0 Å². The number of rotatable bonds is 9. The zero-order valence-electron chi connectivity index (χ0n) is 12.6. The first kappa shape index (κ1) is 18.1. The van der Waals surface area contributed by atoms with Crippen LogP contribution in [0.25, 0.3) is 0 Å². The Kier molecular flexibility index (Phi) is 7.30. The van der Waals surface area contributed by atoms with Crippen molar-refractivity contribution in [2.24, 2.45) is 0 Å². The summed E-state index contributed by atoms with van der Waals surface area (Å²) in [7, 11) is 3.15. The zero-order valence-corrected chi connectivity index (χ0v) is 14.1. The highest BCUT2D eigenvalue weighted by Gasteiger charge is 2.20. The maximum absolute atomic E-state index is 12.1. The highest BCUT2D eigenvalue weighted by atomic mass is 79.9. The van der Waals surface area contributed by atoms with E-state index in [1.807, 2.05) is 0 Å². The first-order valence-corrected chi connectivity index (χ1v) is 7.40. The van der Waals surface area contributed by atoms with Crippen LogP contribution in [0, 0.1) is 0 Å². The van der Waals surface area contributed by atoms with E-state index in [4.69, 9.17) is 9.47 Å². The van der Waals surface area contributed by atoms with Crippen molar-refractivity contribution in [2.45, 2.75) is 25.5 Å². The molecule has 0 fully saturated rings. The summed E-state index contributed by atoms with van der Waals surface area (Å²) in [5.41, 5.74) is -0.625. The van der Waals surface area contributed by atoms with Gasteiger partial charge in [-0.2, -0.15) is 5.10 Å². The van der Waals surface area contributed by atoms with E-state index < -0.39 is 5.60 Å². The van der Waals surface area contributed by atoms with Crippen molar-refractivity contribution in [3.05, 3.63) is 21.0 Å². The van der Waals surface area contributed by atoms with Gasteiger partial charge in [-0.3, -0.25) is 4.79 Å². The molecule has 120 valence electrons. The molecule has 0 spiro atoms. The normalized spacial score (nSPS) is 14.0. The molecule has 0 aliphatic heterocycles. The van der Waals surface area contributed by atoms with Gasteiger partial charge in [0.25, 0.3) is 5.56 Å². The number of aliphatic hydroxyl groups is 1. The number of halogens is 1. The molecule has 7 nitrogen and oxygen atoms in total.